The van der Waals surface area contributed by atoms with Gasteiger partial charge in [0.25, 0.3) is 0 Å². The Morgan fingerprint density at radius 2 is 1.65 bits per heavy atom. The van der Waals surface area contributed by atoms with Gasteiger partial charge in [-0.25, -0.2) is 18.0 Å². The maximum absolute atomic E-state index is 13.6. The molecule has 51 heavy (non-hydrogen) atoms. The van der Waals surface area contributed by atoms with Crippen molar-refractivity contribution in [2.45, 2.75) is 58.4 Å². The summed E-state index contributed by atoms with van der Waals surface area (Å²) < 4.78 is 75.8. The fraction of sp³-hybridized carbons (Fsp3) is 0.441. The van der Waals surface area contributed by atoms with E-state index in [-0.39, 0.29) is 63.8 Å². The van der Waals surface area contributed by atoms with Crippen molar-refractivity contribution >= 4 is 51.0 Å². The number of esters is 1. The van der Waals surface area contributed by atoms with E-state index in [0.717, 1.165) is 25.2 Å². The third-order valence-electron chi connectivity index (χ3n) is 7.40. The van der Waals surface area contributed by atoms with Crippen LogP contribution in [0.5, 0.6) is 11.5 Å². The second-order valence-electron chi connectivity index (χ2n) is 13.1. The molecule has 0 saturated heterocycles. The summed E-state index contributed by atoms with van der Waals surface area (Å²) in [6, 6.07) is 9.18. The summed E-state index contributed by atoms with van der Waals surface area (Å²) in [5.41, 5.74) is -0.527. The lowest BCUT2D eigenvalue weighted by Crippen LogP contribution is -2.43. The molecule has 0 aliphatic heterocycles. The van der Waals surface area contributed by atoms with Gasteiger partial charge in [0.2, 0.25) is 10.0 Å². The number of carbonyl (C=O) groups excluding carboxylic acids is 2. The Labute approximate surface area is 305 Å². The number of rotatable bonds is 15. The molecule has 17 heteroatoms. The third kappa shape index (κ3) is 11.5. The largest absolute Gasteiger partial charge is 0.619 e. The minimum atomic E-state index is -4.21. The summed E-state index contributed by atoms with van der Waals surface area (Å²) in [4.78, 5) is 28.4. The smallest absolute Gasteiger partial charge is 0.428 e. The Balaban J connectivity index is 1.68. The summed E-state index contributed by atoms with van der Waals surface area (Å²) in [5.74, 6) is -1.20. The van der Waals surface area contributed by atoms with Crippen molar-refractivity contribution in [3.05, 3.63) is 86.8 Å². The molecule has 3 aromatic rings. The molecule has 0 radical (unpaired) electrons. The number of benzene rings is 2. The highest BCUT2D eigenvalue weighted by atomic mass is 35.5. The number of carbonyl (C=O) groups is 2. The van der Waals surface area contributed by atoms with Crippen LogP contribution >= 0.6 is 23.2 Å². The molecule has 0 N–H and O–H groups in total. The number of hydrogen-bond acceptors (Lipinski definition) is 10. The van der Waals surface area contributed by atoms with Crippen LogP contribution in [0, 0.1) is 11.1 Å². The molecule has 1 aromatic heterocycles. The summed E-state index contributed by atoms with van der Waals surface area (Å²) in [5, 5.41) is 11.9. The first-order valence-electron chi connectivity index (χ1n) is 15.8. The van der Waals surface area contributed by atoms with Crippen molar-refractivity contribution in [3.8, 4) is 11.5 Å². The number of nitrogens with zero attached hydrogens (tertiary/aromatic N) is 3. The van der Waals surface area contributed by atoms with E-state index < -0.39 is 46.2 Å². The Morgan fingerprint density at radius 3 is 2.20 bits per heavy atom. The molecule has 0 unspecified atom stereocenters. The zero-order valence-electron chi connectivity index (χ0n) is 28.6. The number of aromatic nitrogens is 1. The minimum Gasteiger partial charge on any atom is -0.619 e. The number of sulfonamides is 1. The molecule has 12 nitrogen and oxygen atoms in total. The molecule has 0 bridgehead atoms. The van der Waals surface area contributed by atoms with E-state index in [1.54, 1.807) is 39.8 Å². The van der Waals surface area contributed by atoms with Crippen molar-refractivity contribution < 1.29 is 50.5 Å². The quantitative estimate of drug-likeness (QED) is 0.0922. The fourth-order valence-electron chi connectivity index (χ4n) is 4.66. The molecular formula is C34H39Cl2F2N3O9S. The normalized spacial score (nSPS) is 13.9. The number of ether oxygens (including phenoxy) is 4. The van der Waals surface area contributed by atoms with E-state index in [2.05, 4.69) is 4.74 Å². The number of pyridine rings is 1. The van der Waals surface area contributed by atoms with E-state index in [1.807, 2.05) is 0 Å². The molecule has 1 saturated carbocycles. The highest BCUT2D eigenvalue weighted by Gasteiger charge is 2.34. The summed E-state index contributed by atoms with van der Waals surface area (Å²) in [6.45, 7) is 2.07. The average molecular weight is 775 g/mol. The molecule has 278 valence electrons. The van der Waals surface area contributed by atoms with Gasteiger partial charge in [-0.1, -0.05) is 29.3 Å². The van der Waals surface area contributed by atoms with E-state index in [9.17, 15) is 32.0 Å². The van der Waals surface area contributed by atoms with Gasteiger partial charge in [0, 0.05) is 18.5 Å². The molecule has 1 fully saturated rings. The zero-order chi connectivity index (χ0) is 37.7. The maximum Gasteiger partial charge on any atom is 0.428 e. The van der Waals surface area contributed by atoms with E-state index in [1.165, 1.54) is 42.5 Å². The fourth-order valence-corrected chi connectivity index (χ4v) is 6.75. The van der Waals surface area contributed by atoms with Crippen molar-refractivity contribution in [2.24, 2.45) is 5.92 Å². The van der Waals surface area contributed by atoms with Gasteiger partial charge in [0.15, 0.2) is 23.9 Å². The standard InChI is InChI=1S/C34H39Cl2F2N3O9S/c1-34(2,3)50-33(43)41(51(45,46)15-14-39(4)5)24-11-8-22(9-12-24)31(42)48-29(17-25-26(35)18-40(44)19-27(25)36)23-10-13-28(49-32(37)38)30(16-23)47-20-21-6-7-21/h8-13,16,18-19,21,29,32H,6-7,14-15,17,20H2,1-5H3/t29-/m0/s1. The molecule has 1 atom stereocenters. The van der Waals surface area contributed by atoms with E-state index >= 15 is 0 Å². The first-order chi connectivity index (χ1) is 23.8. The predicted octanol–water partition coefficient (Wildman–Crippen LogP) is 6.79. The van der Waals surface area contributed by atoms with Gasteiger partial charge in [0.05, 0.1) is 23.6 Å². The predicted molar refractivity (Wildman–Crippen MR) is 186 cm³/mol. The first kappa shape index (κ1) is 39.9. The van der Waals surface area contributed by atoms with Crippen LogP contribution < -0.4 is 18.5 Å². The van der Waals surface area contributed by atoms with Gasteiger partial charge in [0.1, 0.15) is 21.8 Å². The second kappa shape index (κ2) is 16.6. The summed E-state index contributed by atoms with van der Waals surface area (Å²) in [6.07, 6.45) is 1.61. The van der Waals surface area contributed by atoms with E-state index in [0.29, 0.717) is 14.6 Å². The lowest BCUT2D eigenvalue weighted by Gasteiger charge is -2.27. The number of amides is 1. The number of anilines is 1. The third-order valence-corrected chi connectivity index (χ3v) is 9.66. The Kier molecular flexibility index (Phi) is 13.0. The Hall–Kier alpha value is -3.92. The number of hydrogen-bond donors (Lipinski definition) is 0. The van der Waals surface area contributed by atoms with Crippen LogP contribution in [0.25, 0.3) is 0 Å². The lowest BCUT2D eigenvalue weighted by atomic mass is 10.0. The molecule has 1 aliphatic rings. The van der Waals surface area contributed by atoms with Crippen molar-refractivity contribution in [1.29, 1.82) is 0 Å². The van der Waals surface area contributed by atoms with Crippen LogP contribution in [0.4, 0.5) is 19.3 Å². The highest BCUT2D eigenvalue weighted by Crippen LogP contribution is 2.38. The van der Waals surface area contributed by atoms with Crippen molar-refractivity contribution in [1.82, 2.24) is 4.90 Å². The lowest BCUT2D eigenvalue weighted by molar-refractivity contribution is -0.605. The zero-order valence-corrected chi connectivity index (χ0v) is 30.9. The highest BCUT2D eigenvalue weighted by molar-refractivity contribution is 7.93. The van der Waals surface area contributed by atoms with Crippen molar-refractivity contribution in [3.63, 3.8) is 0 Å². The molecule has 0 spiro atoms. The monoisotopic (exact) mass is 773 g/mol. The van der Waals surface area contributed by atoms with Crippen LogP contribution in [0.15, 0.2) is 54.9 Å². The molecule has 4 rings (SSSR count). The van der Waals surface area contributed by atoms with Gasteiger partial charge in [-0.2, -0.15) is 17.8 Å². The van der Waals surface area contributed by atoms with Gasteiger partial charge in [-0.05, 0) is 95.6 Å². The summed E-state index contributed by atoms with van der Waals surface area (Å²) >= 11 is 12.7. The number of alkyl halides is 2. The molecule has 1 heterocycles. The van der Waals surface area contributed by atoms with Gasteiger partial charge in [-0.15, -0.1) is 0 Å². The second-order valence-corrected chi connectivity index (χ2v) is 15.9. The maximum atomic E-state index is 13.6. The Morgan fingerprint density at radius 1 is 1.02 bits per heavy atom. The van der Waals surface area contributed by atoms with Crippen molar-refractivity contribution in [2.75, 3.05) is 37.3 Å². The van der Waals surface area contributed by atoms with Gasteiger partial charge in [-0.3, -0.25) is 0 Å². The minimum absolute atomic E-state index is 0.00506. The van der Waals surface area contributed by atoms with E-state index in [4.69, 9.17) is 37.4 Å². The van der Waals surface area contributed by atoms with Crippen LogP contribution in [0.2, 0.25) is 10.0 Å². The van der Waals surface area contributed by atoms with Crippen LogP contribution in [0.1, 0.15) is 61.2 Å². The van der Waals surface area contributed by atoms with Crippen LogP contribution in [0.3, 0.4) is 0 Å². The molecular weight excluding hydrogens is 735 g/mol. The van der Waals surface area contributed by atoms with Gasteiger partial charge >= 0.3 is 18.7 Å². The van der Waals surface area contributed by atoms with Crippen LogP contribution in [-0.4, -0.2) is 70.6 Å². The van der Waals surface area contributed by atoms with Gasteiger partial charge < -0.3 is 29.1 Å². The Bertz CT molecular complexity index is 1800. The average Bonchev–Trinajstić information content (AvgIpc) is 3.84. The SMILES string of the molecule is CN(C)CCS(=O)(=O)N(C(=O)OC(C)(C)C)c1ccc(C(=O)O[C@@H](Cc2c(Cl)c[n+]([O-])cc2Cl)c2ccc(OC(F)F)c(OCC3CC3)c2)cc1. The topological polar surface area (TPSA) is 139 Å². The molecule has 2 aromatic carbocycles. The molecule has 1 aliphatic carbocycles. The summed E-state index contributed by atoms with van der Waals surface area (Å²) in [7, 11) is -0.837. The molecule has 1 amide bonds. The number of halogens is 4. The van der Waals surface area contributed by atoms with Crippen LogP contribution in [-0.2, 0) is 25.9 Å². The first-order valence-corrected chi connectivity index (χ1v) is 18.2.